The van der Waals surface area contributed by atoms with Gasteiger partial charge in [-0.15, -0.1) is 0 Å². The third kappa shape index (κ3) is 2.68. The van der Waals surface area contributed by atoms with E-state index in [1.54, 1.807) is 6.92 Å². The van der Waals surface area contributed by atoms with Gasteiger partial charge in [-0.25, -0.2) is 0 Å². The fourth-order valence-corrected chi connectivity index (χ4v) is 2.51. The fraction of sp³-hybridized carbons (Fsp3) is 0.857. The van der Waals surface area contributed by atoms with Crippen molar-refractivity contribution < 1.29 is 14.7 Å². The quantitative estimate of drug-likeness (QED) is 0.839. The summed E-state index contributed by atoms with van der Waals surface area (Å²) in [5.74, 6) is -0.983. The molecule has 1 heterocycles. The van der Waals surface area contributed by atoms with E-state index in [0.717, 1.165) is 19.4 Å². The van der Waals surface area contributed by atoms with Gasteiger partial charge < -0.3 is 10.0 Å². The van der Waals surface area contributed by atoms with Crippen LogP contribution in [0.25, 0.3) is 0 Å². The first kappa shape index (κ1) is 15.0. The number of carboxylic acids is 1. The molecule has 0 bridgehead atoms. The molecule has 1 aliphatic rings. The molecule has 4 heteroatoms. The Bertz CT molecular complexity index is 349. The minimum Gasteiger partial charge on any atom is -0.481 e. The smallest absolute Gasteiger partial charge is 0.310 e. The van der Waals surface area contributed by atoms with Gasteiger partial charge in [0.15, 0.2) is 0 Å². The number of carboxylic acid groups (broad SMARTS) is 1. The molecule has 0 aliphatic carbocycles. The Hall–Kier alpha value is -1.06. The first-order chi connectivity index (χ1) is 8.11. The number of likely N-dealkylation sites (tertiary alicyclic amines) is 1. The van der Waals surface area contributed by atoms with Gasteiger partial charge in [0.25, 0.3) is 0 Å². The molecule has 1 fully saturated rings. The van der Waals surface area contributed by atoms with Crippen molar-refractivity contribution in [2.24, 2.45) is 11.3 Å². The normalized spacial score (nSPS) is 22.0. The summed E-state index contributed by atoms with van der Waals surface area (Å²) in [6, 6.07) is 0. The maximum atomic E-state index is 12.3. The van der Waals surface area contributed by atoms with Gasteiger partial charge in [-0.3, -0.25) is 9.59 Å². The average Bonchev–Trinajstić information content (AvgIpc) is 2.57. The number of aliphatic carboxylic acids is 1. The molecule has 1 rings (SSSR count). The molecule has 1 aliphatic heterocycles. The van der Waals surface area contributed by atoms with E-state index < -0.39 is 11.4 Å². The maximum Gasteiger partial charge on any atom is 0.310 e. The van der Waals surface area contributed by atoms with E-state index in [1.165, 1.54) is 0 Å². The first-order valence-corrected chi connectivity index (χ1v) is 6.65. The van der Waals surface area contributed by atoms with E-state index in [-0.39, 0.29) is 23.8 Å². The molecule has 4 nitrogen and oxygen atoms in total. The maximum absolute atomic E-state index is 12.3. The number of carbonyl (C=O) groups is 2. The van der Waals surface area contributed by atoms with Gasteiger partial charge in [-0.05, 0) is 39.5 Å². The minimum absolute atomic E-state index is 0.0314. The predicted molar refractivity (Wildman–Crippen MR) is 70.2 cm³/mol. The van der Waals surface area contributed by atoms with Gasteiger partial charge in [0, 0.05) is 18.5 Å². The van der Waals surface area contributed by atoms with Crippen LogP contribution in [0.15, 0.2) is 0 Å². The van der Waals surface area contributed by atoms with Crippen LogP contribution in [-0.2, 0) is 9.59 Å². The zero-order chi connectivity index (χ0) is 14.1. The third-order valence-electron chi connectivity index (χ3n) is 4.48. The number of hydrogen-bond donors (Lipinski definition) is 1. The third-order valence-corrected chi connectivity index (χ3v) is 4.48. The lowest BCUT2D eigenvalue weighted by Gasteiger charge is -2.36. The van der Waals surface area contributed by atoms with Crippen LogP contribution in [0.1, 0.15) is 53.9 Å². The Balaban J connectivity index is 2.83. The highest BCUT2D eigenvalue weighted by Crippen LogP contribution is 2.35. The zero-order valence-electron chi connectivity index (χ0n) is 12.1. The Morgan fingerprint density at radius 2 is 1.94 bits per heavy atom. The molecule has 1 saturated heterocycles. The highest BCUT2D eigenvalue weighted by Gasteiger charge is 2.43. The second kappa shape index (κ2) is 4.90. The van der Waals surface area contributed by atoms with E-state index in [1.807, 2.05) is 32.6 Å². The fourth-order valence-electron chi connectivity index (χ4n) is 2.51. The summed E-state index contributed by atoms with van der Waals surface area (Å²) < 4.78 is 0. The van der Waals surface area contributed by atoms with Gasteiger partial charge in [0.05, 0.1) is 5.41 Å². The van der Waals surface area contributed by atoms with E-state index in [2.05, 4.69) is 0 Å². The number of rotatable bonds is 4. The molecule has 0 aromatic rings. The van der Waals surface area contributed by atoms with Gasteiger partial charge in [0.2, 0.25) is 5.91 Å². The Morgan fingerprint density at radius 1 is 1.39 bits per heavy atom. The molecule has 1 unspecified atom stereocenters. The molecule has 18 heavy (non-hydrogen) atoms. The van der Waals surface area contributed by atoms with Gasteiger partial charge in [-0.2, -0.15) is 0 Å². The van der Waals surface area contributed by atoms with E-state index >= 15 is 0 Å². The summed E-state index contributed by atoms with van der Waals surface area (Å²) in [7, 11) is 0. The number of carbonyl (C=O) groups excluding carboxylic acids is 1. The second-order valence-corrected chi connectivity index (χ2v) is 6.52. The van der Waals surface area contributed by atoms with Crippen molar-refractivity contribution in [3.05, 3.63) is 0 Å². The van der Waals surface area contributed by atoms with Crippen LogP contribution >= 0.6 is 0 Å². The number of nitrogens with zero attached hydrogens (tertiary/aromatic N) is 1. The van der Waals surface area contributed by atoms with Crippen molar-refractivity contribution in [1.82, 2.24) is 4.90 Å². The second-order valence-electron chi connectivity index (χ2n) is 6.52. The molecule has 0 radical (unpaired) electrons. The lowest BCUT2D eigenvalue weighted by atomic mass is 9.76. The molecule has 0 saturated carbocycles. The van der Waals surface area contributed by atoms with Crippen LogP contribution in [0.5, 0.6) is 0 Å². The van der Waals surface area contributed by atoms with Crippen LogP contribution in [0.2, 0.25) is 0 Å². The van der Waals surface area contributed by atoms with Crippen molar-refractivity contribution in [3.63, 3.8) is 0 Å². The summed E-state index contributed by atoms with van der Waals surface area (Å²) in [4.78, 5) is 25.6. The SMILES string of the molecule is CC(C)C(C)(CC(=O)N1CCCC1(C)C)C(=O)O. The van der Waals surface area contributed by atoms with Crippen molar-refractivity contribution in [1.29, 1.82) is 0 Å². The number of hydrogen-bond acceptors (Lipinski definition) is 2. The molecule has 0 spiro atoms. The summed E-state index contributed by atoms with van der Waals surface area (Å²) in [6.45, 7) is 10.2. The zero-order valence-corrected chi connectivity index (χ0v) is 12.1. The standard InChI is InChI=1S/C14H25NO3/c1-10(2)14(5,12(17)18)9-11(16)15-8-6-7-13(15,3)4/h10H,6-9H2,1-5H3,(H,17,18). The minimum atomic E-state index is -0.976. The Morgan fingerprint density at radius 3 is 2.28 bits per heavy atom. The largest absolute Gasteiger partial charge is 0.481 e. The molecular formula is C14H25NO3. The van der Waals surface area contributed by atoms with E-state index in [9.17, 15) is 14.7 Å². The summed E-state index contributed by atoms with van der Waals surface area (Å²) in [6.07, 6.45) is 2.08. The number of amides is 1. The molecule has 1 N–H and O–H groups in total. The topological polar surface area (TPSA) is 57.6 Å². The van der Waals surface area contributed by atoms with Crippen molar-refractivity contribution in [3.8, 4) is 0 Å². The van der Waals surface area contributed by atoms with Crippen LogP contribution in [0.4, 0.5) is 0 Å². The van der Waals surface area contributed by atoms with Crippen LogP contribution < -0.4 is 0 Å². The van der Waals surface area contributed by atoms with Crippen molar-refractivity contribution >= 4 is 11.9 Å². The Labute approximate surface area is 109 Å². The summed E-state index contributed by atoms with van der Waals surface area (Å²) in [5.41, 5.74) is -1.11. The van der Waals surface area contributed by atoms with Crippen LogP contribution in [0.3, 0.4) is 0 Å². The average molecular weight is 255 g/mol. The van der Waals surface area contributed by atoms with E-state index in [0.29, 0.717) is 0 Å². The molecule has 1 atom stereocenters. The summed E-state index contributed by atoms with van der Waals surface area (Å²) in [5, 5.41) is 9.35. The van der Waals surface area contributed by atoms with E-state index in [4.69, 9.17) is 0 Å². The molecule has 1 amide bonds. The highest BCUT2D eigenvalue weighted by atomic mass is 16.4. The molecule has 0 aromatic heterocycles. The Kier molecular flexibility index (Phi) is 4.08. The van der Waals surface area contributed by atoms with Gasteiger partial charge in [0.1, 0.15) is 0 Å². The van der Waals surface area contributed by atoms with Crippen LogP contribution in [0, 0.1) is 11.3 Å². The first-order valence-electron chi connectivity index (χ1n) is 6.65. The summed E-state index contributed by atoms with van der Waals surface area (Å²) >= 11 is 0. The van der Waals surface area contributed by atoms with Gasteiger partial charge >= 0.3 is 5.97 Å². The van der Waals surface area contributed by atoms with Crippen LogP contribution in [-0.4, -0.2) is 34.0 Å². The van der Waals surface area contributed by atoms with Crippen molar-refractivity contribution in [2.75, 3.05) is 6.54 Å². The molecular weight excluding hydrogens is 230 g/mol. The molecule has 104 valence electrons. The lowest BCUT2D eigenvalue weighted by molar-refractivity contribution is -0.156. The van der Waals surface area contributed by atoms with Gasteiger partial charge in [-0.1, -0.05) is 13.8 Å². The van der Waals surface area contributed by atoms with Crippen molar-refractivity contribution in [2.45, 2.75) is 59.4 Å². The monoisotopic (exact) mass is 255 g/mol. The predicted octanol–water partition coefficient (Wildman–Crippen LogP) is 2.52. The lowest BCUT2D eigenvalue weighted by Crippen LogP contribution is -2.46. The molecule has 0 aromatic carbocycles. The highest BCUT2D eigenvalue weighted by molar-refractivity contribution is 5.85.